The van der Waals surface area contributed by atoms with Crippen LogP contribution in [0.2, 0.25) is 0 Å². The Morgan fingerprint density at radius 2 is 2.00 bits per heavy atom. The summed E-state index contributed by atoms with van der Waals surface area (Å²) < 4.78 is 13.7. The van der Waals surface area contributed by atoms with Gasteiger partial charge >= 0.3 is 5.97 Å². The molecule has 4 heteroatoms. The lowest BCUT2D eigenvalue weighted by Gasteiger charge is -2.38. The normalized spacial score (nSPS) is 28.8. The third-order valence-electron chi connectivity index (χ3n) is 5.05. The molecule has 0 aliphatic carbocycles. The molecule has 0 spiro atoms. The smallest absolute Gasteiger partial charge is 0.303 e. The highest BCUT2D eigenvalue weighted by Crippen LogP contribution is 2.40. The molecule has 2 aliphatic rings. The molecule has 21 heavy (non-hydrogen) atoms. The molecule has 3 nitrogen and oxygen atoms in total. The van der Waals surface area contributed by atoms with Crippen LogP contribution in [0.5, 0.6) is 0 Å². The van der Waals surface area contributed by atoms with Crippen LogP contribution in [0, 0.1) is 18.7 Å². The van der Waals surface area contributed by atoms with E-state index in [-0.39, 0.29) is 5.82 Å². The Hall–Kier alpha value is -1.42. The number of aryl methyl sites for hydroxylation is 1. The Labute approximate surface area is 124 Å². The standard InChI is InChI=1S/C17H22FNO2/c1-11-2-3-12(8-16(11)18)10-19-14-4-5-15(19)7-13(6-14)9-17(20)21/h2-3,8,13-15H,4-7,9-10H2,1H3,(H,20,21). The lowest BCUT2D eigenvalue weighted by Crippen LogP contribution is -2.42. The summed E-state index contributed by atoms with van der Waals surface area (Å²) in [6.07, 6.45) is 4.53. The second-order valence-corrected chi connectivity index (χ2v) is 6.58. The predicted octanol–water partition coefficient (Wildman–Crippen LogP) is 3.35. The van der Waals surface area contributed by atoms with Gasteiger partial charge in [-0.15, -0.1) is 0 Å². The number of nitrogens with zero attached hydrogens (tertiary/aromatic N) is 1. The average molecular weight is 291 g/mol. The van der Waals surface area contributed by atoms with E-state index in [1.807, 2.05) is 12.1 Å². The van der Waals surface area contributed by atoms with Crippen molar-refractivity contribution in [3.8, 4) is 0 Å². The fourth-order valence-corrected chi connectivity index (χ4v) is 4.00. The van der Waals surface area contributed by atoms with E-state index in [2.05, 4.69) is 4.90 Å². The van der Waals surface area contributed by atoms with E-state index in [0.717, 1.165) is 37.8 Å². The molecular formula is C17H22FNO2. The Morgan fingerprint density at radius 1 is 1.33 bits per heavy atom. The largest absolute Gasteiger partial charge is 0.481 e. The van der Waals surface area contributed by atoms with E-state index >= 15 is 0 Å². The van der Waals surface area contributed by atoms with Crippen molar-refractivity contribution in [2.45, 2.75) is 57.7 Å². The van der Waals surface area contributed by atoms with Crippen LogP contribution >= 0.6 is 0 Å². The Morgan fingerprint density at radius 3 is 2.57 bits per heavy atom. The summed E-state index contributed by atoms with van der Waals surface area (Å²) >= 11 is 0. The van der Waals surface area contributed by atoms with E-state index < -0.39 is 5.97 Å². The first-order valence-corrected chi connectivity index (χ1v) is 7.75. The van der Waals surface area contributed by atoms with E-state index in [1.54, 1.807) is 13.0 Å². The number of aliphatic carboxylic acids is 1. The summed E-state index contributed by atoms with van der Waals surface area (Å²) in [5.41, 5.74) is 1.70. The lowest BCUT2D eigenvalue weighted by molar-refractivity contribution is -0.138. The van der Waals surface area contributed by atoms with Crippen LogP contribution in [0.15, 0.2) is 18.2 Å². The van der Waals surface area contributed by atoms with Crippen molar-refractivity contribution < 1.29 is 14.3 Å². The van der Waals surface area contributed by atoms with Crippen LogP contribution in [0.25, 0.3) is 0 Å². The summed E-state index contributed by atoms with van der Waals surface area (Å²) in [6, 6.07) is 6.41. The molecule has 3 rings (SSSR count). The molecule has 2 atom stereocenters. The Kier molecular flexibility index (Phi) is 3.98. The maximum absolute atomic E-state index is 13.7. The first kappa shape index (κ1) is 14.5. The quantitative estimate of drug-likeness (QED) is 0.925. The number of hydrogen-bond acceptors (Lipinski definition) is 2. The second-order valence-electron chi connectivity index (χ2n) is 6.58. The van der Waals surface area contributed by atoms with E-state index in [1.165, 1.54) is 0 Å². The first-order chi connectivity index (χ1) is 10.0. The van der Waals surface area contributed by atoms with Gasteiger partial charge in [0.1, 0.15) is 5.82 Å². The molecule has 1 aromatic rings. The summed E-state index contributed by atoms with van der Waals surface area (Å²) in [4.78, 5) is 13.3. The first-order valence-electron chi connectivity index (χ1n) is 7.75. The monoisotopic (exact) mass is 291 g/mol. The maximum Gasteiger partial charge on any atom is 0.303 e. The number of carboxylic acids is 1. The third-order valence-corrected chi connectivity index (χ3v) is 5.05. The minimum Gasteiger partial charge on any atom is -0.481 e. The Bertz CT molecular complexity index is 532. The number of carboxylic acid groups (broad SMARTS) is 1. The molecule has 1 N–H and O–H groups in total. The van der Waals surface area contributed by atoms with E-state index in [9.17, 15) is 9.18 Å². The molecule has 2 heterocycles. The van der Waals surface area contributed by atoms with Gasteiger partial charge in [-0.3, -0.25) is 9.69 Å². The number of fused-ring (bicyclic) bond motifs is 2. The van der Waals surface area contributed by atoms with Crippen LogP contribution in [0.4, 0.5) is 4.39 Å². The molecule has 0 saturated carbocycles. The van der Waals surface area contributed by atoms with Gasteiger partial charge < -0.3 is 5.11 Å². The summed E-state index contributed by atoms with van der Waals surface area (Å²) in [5, 5.41) is 8.96. The minimum absolute atomic E-state index is 0.138. The number of rotatable bonds is 4. The van der Waals surface area contributed by atoms with Crippen molar-refractivity contribution >= 4 is 5.97 Å². The second kappa shape index (κ2) is 5.76. The number of hydrogen-bond donors (Lipinski definition) is 1. The molecule has 2 aliphatic heterocycles. The van der Waals surface area contributed by atoms with Crippen LogP contribution in [0.3, 0.4) is 0 Å². The Balaban J connectivity index is 1.67. The minimum atomic E-state index is -0.687. The zero-order valence-corrected chi connectivity index (χ0v) is 12.4. The highest BCUT2D eigenvalue weighted by molar-refractivity contribution is 5.67. The maximum atomic E-state index is 13.7. The topological polar surface area (TPSA) is 40.5 Å². The van der Waals surface area contributed by atoms with Gasteiger partial charge in [-0.2, -0.15) is 0 Å². The molecule has 0 amide bonds. The molecule has 1 aromatic carbocycles. The van der Waals surface area contributed by atoms with Gasteiger partial charge in [0.25, 0.3) is 0 Å². The van der Waals surface area contributed by atoms with E-state index in [4.69, 9.17) is 5.11 Å². The number of halogens is 1. The summed E-state index contributed by atoms with van der Waals surface area (Å²) in [5.74, 6) is -0.514. The zero-order chi connectivity index (χ0) is 15.0. The van der Waals surface area contributed by atoms with Gasteiger partial charge in [-0.25, -0.2) is 4.39 Å². The molecular weight excluding hydrogens is 269 g/mol. The fraction of sp³-hybridized carbons (Fsp3) is 0.588. The lowest BCUT2D eigenvalue weighted by atomic mass is 9.88. The van der Waals surface area contributed by atoms with Crippen molar-refractivity contribution in [2.24, 2.45) is 5.92 Å². The number of carbonyl (C=O) groups is 1. The average Bonchev–Trinajstić information content (AvgIpc) is 2.65. The summed E-state index contributed by atoms with van der Waals surface area (Å²) in [7, 11) is 0. The van der Waals surface area contributed by atoms with Crippen LogP contribution in [-0.4, -0.2) is 28.1 Å². The fourth-order valence-electron chi connectivity index (χ4n) is 4.00. The molecule has 2 bridgehead atoms. The van der Waals surface area contributed by atoms with Crippen LogP contribution in [-0.2, 0) is 11.3 Å². The molecule has 2 fully saturated rings. The van der Waals surface area contributed by atoms with Crippen LogP contribution < -0.4 is 0 Å². The number of benzene rings is 1. The SMILES string of the molecule is Cc1ccc(CN2C3CCC2CC(CC(=O)O)C3)cc1F. The van der Waals surface area contributed by atoms with Gasteiger partial charge in [-0.05, 0) is 55.7 Å². The van der Waals surface area contributed by atoms with Gasteiger partial charge in [0.15, 0.2) is 0 Å². The molecule has 0 radical (unpaired) electrons. The highest BCUT2D eigenvalue weighted by Gasteiger charge is 2.40. The molecule has 2 saturated heterocycles. The zero-order valence-electron chi connectivity index (χ0n) is 12.4. The van der Waals surface area contributed by atoms with Gasteiger partial charge in [0.2, 0.25) is 0 Å². The summed E-state index contributed by atoms with van der Waals surface area (Å²) in [6.45, 7) is 2.56. The van der Waals surface area contributed by atoms with Gasteiger partial charge in [0.05, 0.1) is 0 Å². The predicted molar refractivity (Wildman–Crippen MR) is 78.5 cm³/mol. The van der Waals surface area contributed by atoms with Crippen molar-refractivity contribution in [2.75, 3.05) is 0 Å². The van der Waals surface area contributed by atoms with Crippen LogP contribution in [0.1, 0.15) is 43.2 Å². The van der Waals surface area contributed by atoms with Gasteiger partial charge in [-0.1, -0.05) is 12.1 Å². The molecule has 0 aromatic heterocycles. The van der Waals surface area contributed by atoms with Crippen molar-refractivity contribution in [1.29, 1.82) is 0 Å². The van der Waals surface area contributed by atoms with Crippen molar-refractivity contribution in [1.82, 2.24) is 4.90 Å². The third kappa shape index (κ3) is 3.10. The van der Waals surface area contributed by atoms with Crippen molar-refractivity contribution in [3.63, 3.8) is 0 Å². The molecule has 114 valence electrons. The highest BCUT2D eigenvalue weighted by atomic mass is 19.1. The number of piperidine rings is 1. The molecule has 2 unspecified atom stereocenters. The van der Waals surface area contributed by atoms with Gasteiger partial charge in [0, 0.05) is 25.0 Å². The van der Waals surface area contributed by atoms with E-state index in [0.29, 0.717) is 30.0 Å². The van der Waals surface area contributed by atoms with Crippen molar-refractivity contribution in [3.05, 3.63) is 35.1 Å².